The molecule has 0 heterocycles. The van der Waals surface area contributed by atoms with Gasteiger partial charge >= 0.3 is 18.1 Å². The van der Waals surface area contributed by atoms with E-state index in [1.807, 2.05) is 13.8 Å². The van der Waals surface area contributed by atoms with Gasteiger partial charge < -0.3 is 9.47 Å². The second-order valence-corrected chi connectivity index (χ2v) is 4.39. The number of esters is 2. The minimum absolute atomic E-state index is 0.0603. The van der Waals surface area contributed by atoms with Gasteiger partial charge in [-0.05, 0) is 12.8 Å². The maximum Gasteiger partial charge on any atom is 0.402 e. The predicted octanol–water partition coefficient (Wildman–Crippen LogP) is 3.24. The summed E-state index contributed by atoms with van der Waals surface area (Å²) in [7, 11) is 0. The third-order valence-corrected chi connectivity index (χ3v) is 2.55. The zero-order chi connectivity index (χ0) is 15.6. The summed E-state index contributed by atoms with van der Waals surface area (Å²) in [6.07, 6.45) is -3.33. The smallest absolute Gasteiger partial charge is 0.402 e. The molecule has 20 heavy (non-hydrogen) atoms. The quantitative estimate of drug-likeness (QED) is 0.484. The van der Waals surface area contributed by atoms with E-state index in [4.69, 9.17) is 0 Å². The number of ether oxygens (including phenoxy) is 2. The Morgan fingerprint density at radius 3 is 1.95 bits per heavy atom. The van der Waals surface area contributed by atoms with Gasteiger partial charge in [0.05, 0.1) is 19.6 Å². The molecule has 7 heteroatoms. The van der Waals surface area contributed by atoms with E-state index in [0.29, 0.717) is 19.3 Å². The van der Waals surface area contributed by atoms with Crippen molar-refractivity contribution in [1.29, 1.82) is 0 Å². The molecule has 1 unspecified atom stereocenters. The van der Waals surface area contributed by atoms with E-state index in [1.54, 1.807) is 0 Å². The number of rotatable bonds is 9. The summed E-state index contributed by atoms with van der Waals surface area (Å²) >= 11 is 0. The molecular formula is C13H21F3O4. The molecule has 0 radical (unpaired) electrons. The first-order valence-corrected chi connectivity index (χ1v) is 6.71. The molecule has 0 aromatic heterocycles. The zero-order valence-electron chi connectivity index (χ0n) is 11.8. The Kier molecular flexibility index (Phi) is 9.00. The van der Waals surface area contributed by atoms with Gasteiger partial charge in [0.25, 0.3) is 0 Å². The molecule has 0 fully saturated rings. The number of carbonyl (C=O) groups is 2. The van der Waals surface area contributed by atoms with Crippen molar-refractivity contribution in [2.24, 2.45) is 5.92 Å². The van der Waals surface area contributed by atoms with Crippen molar-refractivity contribution >= 4 is 11.9 Å². The van der Waals surface area contributed by atoms with Gasteiger partial charge in [-0.15, -0.1) is 0 Å². The largest absolute Gasteiger partial charge is 0.466 e. The Balaban J connectivity index is 4.42. The number of hydrogen-bond donors (Lipinski definition) is 0. The van der Waals surface area contributed by atoms with Gasteiger partial charge in [-0.3, -0.25) is 9.59 Å². The first-order chi connectivity index (χ1) is 9.32. The van der Waals surface area contributed by atoms with Crippen LogP contribution in [0.15, 0.2) is 0 Å². The van der Waals surface area contributed by atoms with Crippen molar-refractivity contribution in [3.05, 3.63) is 0 Å². The monoisotopic (exact) mass is 298 g/mol. The molecule has 0 saturated carbocycles. The summed E-state index contributed by atoms with van der Waals surface area (Å²) in [6.45, 7) is 3.66. The molecule has 118 valence electrons. The van der Waals surface area contributed by atoms with E-state index >= 15 is 0 Å². The van der Waals surface area contributed by atoms with E-state index in [0.717, 1.165) is 6.42 Å². The molecule has 0 saturated heterocycles. The molecule has 0 aliphatic heterocycles. The number of carbonyl (C=O) groups excluding carboxylic acids is 2. The van der Waals surface area contributed by atoms with Crippen LogP contribution in [-0.4, -0.2) is 31.3 Å². The SMILES string of the molecule is CCCCOC(=O)CC(C(=O)OCCCC)C(F)(F)F. The molecule has 0 aliphatic rings. The van der Waals surface area contributed by atoms with Crippen LogP contribution in [0.1, 0.15) is 46.0 Å². The summed E-state index contributed by atoms with van der Waals surface area (Å²) in [5.74, 6) is -4.90. The molecule has 0 N–H and O–H groups in total. The fourth-order valence-corrected chi connectivity index (χ4v) is 1.31. The van der Waals surface area contributed by atoms with Gasteiger partial charge in [-0.1, -0.05) is 26.7 Å². The van der Waals surface area contributed by atoms with Crippen LogP contribution < -0.4 is 0 Å². The molecule has 0 aromatic carbocycles. The lowest BCUT2D eigenvalue weighted by Crippen LogP contribution is -2.34. The molecular weight excluding hydrogens is 277 g/mol. The third-order valence-electron chi connectivity index (χ3n) is 2.55. The van der Waals surface area contributed by atoms with E-state index in [2.05, 4.69) is 9.47 Å². The predicted molar refractivity (Wildman–Crippen MR) is 65.9 cm³/mol. The Hall–Kier alpha value is -1.27. The highest BCUT2D eigenvalue weighted by Crippen LogP contribution is 2.30. The van der Waals surface area contributed by atoms with E-state index < -0.39 is 30.5 Å². The highest BCUT2D eigenvalue weighted by atomic mass is 19.4. The van der Waals surface area contributed by atoms with Crippen LogP contribution in [0.25, 0.3) is 0 Å². The maximum absolute atomic E-state index is 12.7. The Labute approximate surface area is 116 Å². The second kappa shape index (κ2) is 9.61. The van der Waals surface area contributed by atoms with Crippen molar-refractivity contribution in [2.45, 2.75) is 52.1 Å². The minimum Gasteiger partial charge on any atom is -0.466 e. The zero-order valence-corrected chi connectivity index (χ0v) is 11.8. The lowest BCUT2D eigenvalue weighted by Gasteiger charge is -2.18. The fraction of sp³-hybridized carbons (Fsp3) is 0.846. The van der Waals surface area contributed by atoms with Crippen LogP contribution >= 0.6 is 0 Å². The third kappa shape index (κ3) is 8.01. The normalized spacial score (nSPS) is 12.8. The highest BCUT2D eigenvalue weighted by Gasteiger charge is 2.47. The summed E-state index contributed by atoms with van der Waals surface area (Å²) < 4.78 is 47.3. The minimum atomic E-state index is -4.81. The number of hydrogen-bond acceptors (Lipinski definition) is 4. The van der Waals surface area contributed by atoms with Gasteiger partial charge in [0.1, 0.15) is 0 Å². The van der Waals surface area contributed by atoms with Crippen LogP contribution in [0.3, 0.4) is 0 Å². The number of alkyl halides is 3. The van der Waals surface area contributed by atoms with Crippen LogP contribution in [-0.2, 0) is 19.1 Å². The molecule has 1 atom stereocenters. The molecule has 4 nitrogen and oxygen atoms in total. The van der Waals surface area contributed by atoms with Crippen molar-refractivity contribution in [3.63, 3.8) is 0 Å². The number of unbranched alkanes of at least 4 members (excludes halogenated alkanes) is 2. The molecule has 0 rings (SSSR count). The molecule has 0 aromatic rings. The Morgan fingerprint density at radius 1 is 1.00 bits per heavy atom. The Morgan fingerprint density at radius 2 is 1.50 bits per heavy atom. The molecule has 0 bridgehead atoms. The van der Waals surface area contributed by atoms with E-state index in [1.165, 1.54) is 0 Å². The van der Waals surface area contributed by atoms with Crippen LogP contribution in [0.2, 0.25) is 0 Å². The van der Waals surface area contributed by atoms with Gasteiger partial charge in [-0.2, -0.15) is 13.2 Å². The molecule has 0 spiro atoms. The second-order valence-electron chi connectivity index (χ2n) is 4.39. The van der Waals surface area contributed by atoms with Crippen LogP contribution in [0.5, 0.6) is 0 Å². The average molecular weight is 298 g/mol. The van der Waals surface area contributed by atoms with E-state index in [9.17, 15) is 22.8 Å². The highest BCUT2D eigenvalue weighted by molar-refractivity contribution is 5.80. The maximum atomic E-state index is 12.7. The fourth-order valence-electron chi connectivity index (χ4n) is 1.31. The molecule has 0 aliphatic carbocycles. The first-order valence-electron chi connectivity index (χ1n) is 6.71. The lowest BCUT2D eigenvalue weighted by molar-refractivity contribution is -0.202. The lowest BCUT2D eigenvalue weighted by atomic mass is 10.1. The number of halogens is 3. The van der Waals surface area contributed by atoms with Crippen molar-refractivity contribution in [3.8, 4) is 0 Å². The standard InChI is InChI=1S/C13H21F3O4/c1-3-5-7-19-11(17)9-10(13(14,15)16)12(18)20-8-6-4-2/h10H,3-9H2,1-2H3. The topological polar surface area (TPSA) is 52.6 Å². The molecule has 0 amide bonds. The van der Waals surface area contributed by atoms with Gasteiger partial charge in [0, 0.05) is 0 Å². The van der Waals surface area contributed by atoms with Gasteiger partial charge in [0.15, 0.2) is 5.92 Å². The van der Waals surface area contributed by atoms with Gasteiger partial charge in [-0.25, -0.2) is 0 Å². The van der Waals surface area contributed by atoms with Crippen LogP contribution in [0, 0.1) is 5.92 Å². The Bertz CT molecular complexity index is 302. The van der Waals surface area contributed by atoms with Crippen molar-refractivity contribution < 1.29 is 32.2 Å². The van der Waals surface area contributed by atoms with Crippen molar-refractivity contribution in [2.75, 3.05) is 13.2 Å². The summed E-state index contributed by atoms with van der Waals surface area (Å²) in [5.41, 5.74) is 0. The van der Waals surface area contributed by atoms with Crippen molar-refractivity contribution in [1.82, 2.24) is 0 Å². The van der Waals surface area contributed by atoms with Crippen LogP contribution in [0.4, 0.5) is 13.2 Å². The summed E-state index contributed by atoms with van der Waals surface area (Å²) in [5, 5.41) is 0. The summed E-state index contributed by atoms with van der Waals surface area (Å²) in [6, 6.07) is 0. The summed E-state index contributed by atoms with van der Waals surface area (Å²) in [4.78, 5) is 22.7. The van der Waals surface area contributed by atoms with Gasteiger partial charge in [0.2, 0.25) is 0 Å². The first kappa shape index (κ1) is 18.7. The average Bonchev–Trinajstić information content (AvgIpc) is 2.35. The van der Waals surface area contributed by atoms with E-state index in [-0.39, 0.29) is 13.2 Å².